The van der Waals surface area contributed by atoms with Crippen molar-refractivity contribution in [2.24, 2.45) is 0 Å². The number of Topliss-reactive ketones (excluding diaryl/α,β-unsaturated/α-hetero) is 1. The molecule has 0 bridgehead atoms. The molecule has 1 aliphatic heterocycles. The highest BCUT2D eigenvalue weighted by molar-refractivity contribution is 5.94. The van der Waals surface area contributed by atoms with E-state index in [1.807, 2.05) is 4.90 Å². The van der Waals surface area contributed by atoms with Gasteiger partial charge in [0.05, 0.1) is 23.7 Å². The number of carbonyl (C=O) groups is 2. The Hall–Kier alpha value is -2.48. The normalized spacial score (nSPS) is 21.0. The number of ether oxygens (including phenoxy) is 2. The van der Waals surface area contributed by atoms with Crippen LogP contribution < -0.4 is 4.90 Å². The second kappa shape index (κ2) is 7.60. The van der Waals surface area contributed by atoms with E-state index in [1.165, 1.54) is 12.1 Å². The molecule has 1 atom stereocenters. The van der Waals surface area contributed by atoms with Gasteiger partial charge in [0.2, 0.25) is 0 Å². The fourth-order valence-corrected chi connectivity index (χ4v) is 3.14. The van der Waals surface area contributed by atoms with E-state index in [2.05, 4.69) is 0 Å². The minimum atomic E-state index is -0.737. The Balaban J connectivity index is 1.79. The molecule has 8 heteroatoms. The maximum atomic E-state index is 12.3. The van der Waals surface area contributed by atoms with Crippen molar-refractivity contribution in [2.45, 2.75) is 31.8 Å². The molecule has 134 valence electrons. The Labute approximate surface area is 144 Å². The highest BCUT2D eigenvalue weighted by Gasteiger charge is 2.28. The minimum absolute atomic E-state index is 0.0842. The van der Waals surface area contributed by atoms with Crippen LogP contribution >= 0.6 is 0 Å². The Morgan fingerprint density at radius 2 is 2.04 bits per heavy atom. The van der Waals surface area contributed by atoms with E-state index in [1.54, 1.807) is 6.07 Å². The summed E-state index contributed by atoms with van der Waals surface area (Å²) in [5, 5.41) is 11.4. The Kier molecular flexibility index (Phi) is 5.28. The number of nitrogens with zero attached hydrogens (tertiary/aromatic N) is 2. The second-order valence-electron chi connectivity index (χ2n) is 6.17. The van der Waals surface area contributed by atoms with Gasteiger partial charge in [-0.1, -0.05) is 0 Å². The molecule has 0 spiro atoms. The zero-order chi connectivity index (χ0) is 17.8. The van der Waals surface area contributed by atoms with E-state index >= 15 is 0 Å². The lowest BCUT2D eigenvalue weighted by Gasteiger charge is -2.28. The topological polar surface area (TPSA) is 99.0 Å². The molecule has 1 saturated carbocycles. The van der Waals surface area contributed by atoms with Gasteiger partial charge in [-0.2, -0.15) is 0 Å². The summed E-state index contributed by atoms with van der Waals surface area (Å²) in [6, 6.07) is 4.29. The Morgan fingerprint density at radius 3 is 2.72 bits per heavy atom. The second-order valence-corrected chi connectivity index (χ2v) is 6.17. The van der Waals surface area contributed by atoms with Crippen molar-refractivity contribution >= 4 is 23.1 Å². The van der Waals surface area contributed by atoms with E-state index in [0.29, 0.717) is 44.8 Å². The van der Waals surface area contributed by atoms with Crippen molar-refractivity contribution < 1.29 is 24.0 Å². The van der Waals surface area contributed by atoms with Gasteiger partial charge in [0.1, 0.15) is 5.69 Å². The molecule has 0 radical (unpaired) electrons. The molecule has 0 N–H and O–H groups in total. The average molecular weight is 348 g/mol. The van der Waals surface area contributed by atoms with Crippen LogP contribution in [0.3, 0.4) is 0 Å². The summed E-state index contributed by atoms with van der Waals surface area (Å²) in [6.45, 7) is 2.12. The number of nitro groups is 1. The van der Waals surface area contributed by atoms with Crippen molar-refractivity contribution in [3.8, 4) is 0 Å². The maximum Gasteiger partial charge on any atom is 0.339 e. The third kappa shape index (κ3) is 3.96. The smallest absolute Gasteiger partial charge is 0.339 e. The molecule has 2 fully saturated rings. The zero-order valence-electron chi connectivity index (χ0n) is 13.8. The van der Waals surface area contributed by atoms with Gasteiger partial charge in [0, 0.05) is 25.6 Å². The number of nitro benzene ring substituents is 1. The van der Waals surface area contributed by atoms with E-state index in [-0.39, 0.29) is 17.0 Å². The monoisotopic (exact) mass is 348 g/mol. The molecule has 1 heterocycles. The lowest BCUT2D eigenvalue weighted by molar-refractivity contribution is -0.384. The molecule has 3 rings (SSSR count). The first-order chi connectivity index (χ1) is 12.1. The molecular formula is C17H20N2O6. The van der Waals surface area contributed by atoms with Crippen molar-refractivity contribution in [1.29, 1.82) is 0 Å². The van der Waals surface area contributed by atoms with E-state index in [9.17, 15) is 19.7 Å². The van der Waals surface area contributed by atoms with Gasteiger partial charge in [0.25, 0.3) is 5.69 Å². The van der Waals surface area contributed by atoms with Gasteiger partial charge < -0.3 is 14.4 Å². The molecule has 1 saturated heterocycles. The summed E-state index contributed by atoms with van der Waals surface area (Å²) in [4.78, 5) is 36.9. The van der Waals surface area contributed by atoms with Crippen LogP contribution in [0.15, 0.2) is 18.2 Å². The van der Waals surface area contributed by atoms with Crippen LogP contribution in [0.2, 0.25) is 0 Å². The quantitative estimate of drug-likeness (QED) is 0.467. The van der Waals surface area contributed by atoms with E-state index < -0.39 is 17.0 Å². The Morgan fingerprint density at radius 1 is 1.28 bits per heavy atom. The van der Waals surface area contributed by atoms with Crippen LogP contribution in [0.1, 0.15) is 36.0 Å². The first-order valence-electron chi connectivity index (χ1n) is 8.41. The number of benzene rings is 1. The summed E-state index contributed by atoms with van der Waals surface area (Å²) in [5.41, 5.74) is 0.395. The van der Waals surface area contributed by atoms with Gasteiger partial charge in [0.15, 0.2) is 11.9 Å². The fraction of sp³-hybridized carbons (Fsp3) is 0.529. The third-order valence-corrected chi connectivity index (χ3v) is 4.51. The van der Waals surface area contributed by atoms with Crippen LogP contribution in [0.5, 0.6) is 0 Å². The zero-order valence-corrected chi connectivity index (χ0v) is 13.8. The fourth-order valence-electron chi connectivity index (χ4n) is 3.14. The average Bonchev–Trinajstić information content (AvgIpc) is 2.63. The summed E-state index contributed by atoms with van der Waals surface area (Å²) in [6.07, 6.45) is 1.83. The van der Waals surface area contributed by atoms with Crippen LogP contribution in [-0.2, 0) is 14.3 Å². The molecule has 0 amide bonds. The van der Waals surface area contributed by atoms with Crippen molar-refractivity contribution in [3.05, 3.63) is 33.9 Å². The molecule has 0 unspecified atom stereocenters. The number of esters is 1. The molecule has 25 heavy (non-hydrogen) atoms. The number of hydrogen-bond donors (Lipinski definition) is 0. The lowest BCUT2D eigenvalue weighted by atomic mass is 9.96. The largest absolute Gasteiger partial charge is 0.451 e. The van der Waals surface area contributed by atoms with Crippen LogP contribution in [0.4, 0.5) is 11.4 Å². The predicted molar refractivity (Wildman–Crippen MR) is 88.8 cm³/mol. The number of carbonyl (C=O) groups excluding carboxylic acids is 2. The van der Waals surface area contributed by atoms with Crippen LogP contribution in [-0.4, -0.2) is 49.1 Å². The third-order valence-electron chi connectivity index (χ3n) is 4.51. The van der Waals surface area contributed by atoms with Gasteiger partial charge in [-0.25, -0.2) is 4.79 Å². The molecule has 1 aliphatic carbocycles. The van der Waals surface area contributed by atoms with Gasteiger partial charge in [-0.15, -0.1) is 0 Å². The number of rotatable bonds is 4. The summed E-state index contributed by atoms with van der Waals surface area (Å²) < 4.78 is 10.5. The van der Waals surface area contributed by atoms with Crippen molar-refractivity contribution in [1.82, 2.24) is 0 Å². The number of anilines is 1. The SMILES string of the molecule is O=C(O[C@@H]1CCCCC1=O)c1ccc(N2CCOCC2)c([N+](=O)[O-])c1. The van der Waals surface area contributed by atoms with E-state index in [0.717, 1.165) is 12.8 Å². The highest BCUT2D eigenvalue weighted by atomic mass is 16.6. The van der Waals surface area contributed by atoms with Gasteiger partial charge >= 0.3 is 5.97 Å². The standard InChI is InChI=1S/C17H20N2O6/c20-15-3-1-2-4-16(15)25-17(21)12-5-6-13(14(11-12)19(22)23)18-7-9-24-10-8-18/h5-6,11,16H,1-4,7-10H2/t16-/m1/s1. The molecule has 1 aromatic carbocycles. The molecule has 0 aromatic heterocycles. The van der Waals surface area contributed by atoms with Gasteiger partial charge in [-0.3, -0.25) is 14.9 Å². The molecule has 2 aliphatic rings. The number of ketones is 1. The first kappa shape index (κ1) is 17.3. The predicted octanol–water partition coefficient (Wildman–Crippen LogP) is 2.10. The van der Waals surface area contributed by atoms with Crippen molar-refractivity contribution in [3.63, 3.8) is 0 Å². The maximum absolute atomic E-state index is 12.3. The van der Waals surface area contributed by atoms with Crippen LogP contribution in [0.25, 0.3) is 0 Å². The van der Waals surface area contributed by atoms with Crippen molar-refractivity contribution in [2.75, 3.05) is 31.2 Å². The van der Waals surface area contributed by atoms with Crippen LogP contribution in [0, 0.1) is 10.1 Å². The summed E-state index contributed by atoms with van der Waals surface area (Å²) in [5.74, 6) is -0.782. The summed E-state index contributed by atoms with van der Waals surface area (Å²) >= 11 is 0. The molecule has 1 aromatic rings. The minimum Gasteiger partial charge on any atom is -0.451 e. The molecular weight excluding hydrogens is 328 g/mol. The Bertz CT molecular complexity index is 684. The molecule has 8 nitrogen and oxygen atoms in total. The van der Waals surface area contributed by atoms with Gasteiger partial charge in [-0.05, 0) is 31.4 Å². The summed E-state index contributed by atoms with van der Waals surface area (Å²) in [7, 11) is 0. The van der Waals surface area contributed by atoms with E-state index in [4.69, 9.17) is 9.47 Å². The number of morpholine rings is 1. The lowest BCUT2D eigenvalue weighted by Crippen LogP contribution is -2.36. The number of hydrogen-bond acceptors (Lipinski definition) is 7. The first-order valence-corrected chi connectivity index (χ1v) is 8.41. The highest BCUT2D eigenvalue weighted by Crippen LogP contribution is 2.30.